The van der Waals surface area contributed by atoms with Crippen molar-refractivity contribution in [1.29, 1.82) is 0 Å². The van der Waals surface area contributed by atoms with Crippen molar-refractivity contribution in [2.24, 2.45) is 0 Å². The smallest absolute Gasteiger partial charge is 0.109 e. The molecular formula is C13H19ClSiZr-4. The molecule has 0 unspecified atom stereocenters. The van der Waals surface area contributed by atoms with Crippen LogP contribution in [-0.4, -0.2) is 5.43 Å². The van der Waals surface area contributed by atoms with E-state index in [9.17, 15) is 0 Å². The van der Waals surface area contributed by atoms with Gasteiger partial charge in [0.25, 0.3) is 0 Å². The minimum absolute atomic E-state index is 0. The Balaban J connectivity index is -0.000000151. The van der Waals surface area contributed by atoms with Gasteiger partial charge in [0.05, 0.1) is 0 Å². The molecule has 0 saturated heterocycles. The minimum Gasteiger partial charge on any atom is -1.00 e. The van der Waals surface area contributed by atoms with Crippen molar-refractivity contribution in [2.75, 3.05) is 0 Å². The average molecular weight is 330 g/mol. The molecule has 16 heavy (non-hydrogen) atoms. The fourth-order valence-electron chi connectivity index (χ4n) is 0.680. The molecule has 0 fully saturated rings. The van der Waals surface area contributed by atoms with E-state index in [1.807, 2.05) is 24.3 Å². The Bertz CT molecular complexity index is 219. The zero-order valence-electron chi connectivity index (χ0n) is 10.3. The van der Waals surface area contributed by atoms with Crippen LogP contribution in [0.15, 0.2) is 36.5 Å². The molecule has 0 aromatic heterocycles. The normalized spacial score (nSPS) is 12.6. The van der Waals surface area contributed by atoms with E-state index in [2.05, 4.69) is 37.4 Å². The van der Waals surface area contributed by atoms with Crippen molar-refractivity contribution < 1.29 is 35.7 Å². The van der Waals surface area contributed by atoms with E-state index in [1.165, 1.54) is 0 Å². The number of hydrogen-bond acceptors (Lipinski definition) is 0. The van der Waals surface area contributed by atoms with Gasteiger partial charge in [-0.15, -0.1) is 12.8 Å². The summed E-state index contributed by atoms with van der Waals surface area (Å²) in [6.07, 6.45) is 20.0. The first-order valence-corrected chi connectivity index (χ1v) is 10.9. The second-order valence-corrected chi connectivity index (χ2v) is 12.4. The van der Waals surface area contributed by atoms with Crippen LogP contribution >= 0.6 is 0 Å². The number of rotatable bonds is 0. The molecule has 0 atom stereocenters. The zero-order valence-corrected chi connectivity index (χ0v) is 14.5. The molecule has 90 valence electrons. The fraction of sp³-hybridized carbons (Fsp3) is 0.308. The SMILES string of the molecule is C[Si](C)=[Zr].[C-]1=CC=CC1.[C-]1=CC=CC1.[CH3-].[Cl-]. The summed E-state index contributed by atoms with van der Waals surface area (Å²) in [5, 5.41) is 0. The van der Waals surface area contributed by atoms with Crippen molar-refractivity contribution in [2.45, 2.75) is 25.9 Å². The Hall–Kier alpha value is 0.350. The van der Waals surface area contributed by atoms with Crippen molar-refractivity contribution in [3.63, 3.8) is 0 Å². The topological polar surface area (TPSA) is 0 Å². The van der Waals surface area contributed by atoms with Crippen LogP contribution in [0.1, 0.15) is 12.8 Å². The van der Waals surface area contributed by atoms with Crippen molar-refractivity contribution in [3.8, 4) is 0 Å². The van der Waals surface area contributed by atoms with Gasteiger partial charge in [-0.3, -0.25) is 12.2 Å². The first-order chi connectivity index (χ1) is 6.73. The molecule has 0 radical (unpaired) electrons. The van der Waals surface area contributed by atoms with Gasteiger partial charge in [-0.1, -0.05) is 0 Å². The maximum absolute atomic E-state index is 2.99. The molecule has 0 nitrogen and oxygen atoms in total. The van der Waals surface area contributed by atoms with E-state index in [0.717, 1.165) is 12.8 Å². The van der Waals surface area contributed by atoms with Crippen molar-refractivity contribution in [1.82, 2.24) is 0 Å². The maximum atomic E-state index is 2.99. The minimum atomic E-state index is 0. The molecule has 0 N–H and O–H groups in total. The summed E-state index contributed by atoms with van der Waals surface area (Å²) < 4.78 is 0. The van der Waals surface area contributed by atoms with Crippen LogP contribution in [0.5, 0.6) is 0 Å². The van der Waals surface area contributed by atoms with Crippen LogP contribution in [0, 0.1) is 19.6 Å². The third-order valence-corrected chi connectivity index (χ3v) is 1.17. The van der Waals surface area contributed by atoms with E-state index in [4.69, 9.17) is 0 Å². The number of allylic oxidation sites excluding steroid dienone is 8. The maximum Gasteiger partial charge on any atom is -0.109 e. The van der Waals surface area contributed by atoms with Crippen LogP contribution in [0.4, 0.5) is 0 Å². The summed E-state index contributed by atoms with van der Waals surface area (Å²) in [4.78, 5) is 0. The Kier molecular flexibility index (Phi) is 24.0. The van der Waals surface area contributed by atoms with Gasteiger partial charge in [0.1, 0.15) is 0 Å². The number of hydrogen-bond donors (Lipinski definition) is 0. The molecule has 2 rings (SSSR count). The summed E-state index contributed by atoms with van der Waals surface area (Å²) in [5.74, 6) is 0. The monoisotopic (exact) mass is 328 g/mol. The number of halogens is 1. The molecule has 0 aromatic carbocycles. The molecule has 2 aliphatic carbocycles. The summed E-state index contributed by atoms with van der Waals surface area (Å²) in [5.41, 5.74) is 0.210. The standard InChI is InChI=1S/2C5H5.C2H6Si.CH3.ClH.Zr/c2*1-2-4-5-3-1;1-3-2;;;/h2*1-3H,4H2;1-2H3;1H3;1H;/q2*-1;;-1;;/p-1. The second kappa shape index (κ2) is 17.7. The molecule has 0 amide bonds. The summed E-state index contributed by atoms with van der Waals surface area (Å²) in [6.45, 7) is 4.62. The predicted octanol–water partition coefficient (Wildman–Crippen LogP) is 0.850. The van der Waals surface area contributed by atoms with Crippen LogP contribution in [-0.2, 0) is 23.3 Å². The van der Waals surface area contributed by atoms with Gasteiger partial charge in [0.15, 0.2) is 0 Å². The third-order valence-electron chi connectivity index (χ3n) is 1.17. The molecule has 0 saturated carbocycles. The molecule has 2 aliphatic rings. The van der Waals surface area contributed by atoms with Gasteiger partial charge in [0.2, 0.25) is 0 Å². The van der Waals surface area contributed by atoms with Gasteiger partial charge in [0, 0.05) is 0 Å². The van der Waals surface area contributed by atoms with Gasteiger partial charge >= 0.3 is 41.9 Å². The first kappa shape index (κ1) is 21.6. The van der Waals surface area contributed by atoms with Crippen molar-refractivity contribution >= 4 is 5.43 Å². The molecule has 0 aromatic rings. The first-order valence-electron chi connectivity index (χ1n) is 4.68. The Morgan fingerprint density at radius 3 is 1.38 bits per heavy atom. The molecule has 0 aliphatic heterocycles. The molecule has 0 bridgehead atoms. The Morgan fingerprint density at radius 2 is 1.31 bits per heavy atom. The average Bonchev–Trinajstić information content (AvgIpc) is 2.83. The van der Waals surface area contributed by atoms with Crippen LogP contribution in [0.2, 0.25) is 13.1 Å². The van der Waals surface area contributed by atoms with Crippen LogP contribution in [0.3, 0.4) is 0 Å². The van der Waals surface area contributed by atoms with Crippen LogP contribution < -0.4 is 12.4 Å². The van der Waals surface area contributed by atoms with Gasteiger partial charge in [-0.25, -0.2) is 24.3 Å². The Morgan fingerprint density at radius 1 is 1.00 bits per heavy atom. The molecule has 0 heterocycles. The quantitative estimate of drug-likeness (QED) is 0.456. The largest absolute Gasteiger partial charge is 1.00 e. The molecule has 0 spiro atoms. The second-order valence-electron chi connectivity index (χ2n) is 3.01. The van der Waals surface area contributed by atoms with E-state index < -0.39 is 0 Å². The summed E-state index contributed by atoms with van der Waals surface area (Å²) >= 11 is 1.74. The van der Waals surface area contributed by atoms with Gasteiger partial charge in [-0.05, 0) is 0 Å². The molecule has 3 heteroatoms. The van der Waals surface area contributed by atoms with Crippen molar-refractivity contribution in [3.05, 3.63) is 56.0 Å². The van der Waals surface area contributed by atoms with Gasteiger partial charge < -0.3 is 19.8 Å². The third kappa shape index (κ3) is 23.9. The zero-order chi connectivity index (χ0) is 10.6. The van der Waals surface area contributed by atoms with Crippen LogP contribution in [0.25, 0.3) is 0 Å². The summed E-state index contributed by atoms with van der Waals surface area (Å²) in [6, 6.07) is 0. The molecular weight excluding hydrogens is 311 g/mol. The van der Waals surface area contributed by atoms with E-state index in [-0.39, 0.29) is 25.3 Å². The Labute approximate surface area is 122 Å². The van der Waals surface area contributed by atoms with E-state index >= 15 is 0 Å². The van der Waals surface area contributed by atoms with E-state index in [1.54, 1.807) is 23.3 Å². The summed E-state index contributed by atoms with van der Waals surface area (Å²) in [7, 11) is 0. The fourth-order valence-corrected chi connectivity index (χ4v) is 0.680. The van der Waals surface area contributed by atoms with Gasteiger partial charge in [-0.2, -0.15) is 12.2 Å². The predicted molar refractivity (Wildman–Crippen MR) is 67.0 cm³/mol. The van der Waals surface area contributed by atoms with E-state index in [0.29, 0.717) is 0 Å².